The summed E-state index contributed by atoms with van der Waals surface area (Å²) >= 11 is 0. The highest BCUT2D eigenvalue weighted by Gasteiger charge is 2.02. The molecule has 1 aromatic rings. The molecule has 2 nitrogen and oxygen atoms in total. The Morgan fingerprint density at radius 3 is 2.33 bits per heavy atom. The second kappa shape index (κ2) is 8.04. The molecule has 0 N–H and O–H groups in total. The third-order valence-corrected chi connectivity index (χ3v) is 1.89. The largest absolute Gasteiger partial charge is 0.443 e. The Morgan fingerprint density at radius 1 is 1.47 bits per heavy atom. The Labute approximate surface area is 92.7 Å². The number of hydrogen-bond donors (Lipinski definition) is 0. The first-order valence-electron chi connectivity index (χ1n) is 5.39. The molecule has 0 atom stereocenters. The number of oxazole rings is 1. The van der Waals surface area contributed by atoms with Crippen molar-refractivity contribution in [1.29, 1.82) is 0 Å². The predicted octanol–water partition coefficient (Wildman–Crippen LogP) is 4.55. The van der Waals surface area contributed by atoms with Crippen molar-refractivity contribution in [3.05, 3.63) is 31.0 Å². The van der Waals surface area contributed by atoms with Crippen molar-refractivity contribution in [3.63, 3.8) is 0 Å². The van der Waals surface area contributed by atoms with E-state index in [1.54, 1.807) is 6.08 Å². The van der Waals surface area contributed by atoms with Crippen LogP contribution >= 0.6 is 0 Å². The molecule has 0 aliphatic rings. The quantitative estimate of drug-likeness (QED) is 0.724. The molecule has 0 aromatic carbocycles. The first kappa shape index (κ1) is 13.7. The maximum atomic E-state index is 4.99. The lowest BCUT2D eigenvalue weighted by Crippen LogP contribution is -1.79. The molecular weight excluding hydrogens is 186 g/mol. The lowest BCUT2D eigenvalue weighted by Gasteiger charge is -1.90. The van der Waals surface area contributed by atoms with Crippen LogP contribution < -0.4 is 0 Å². The molecule has 1 heterocycles. The standard InChI is InChI=1S/C8H9NO.C5H12/c1-4-7-8(6(2)3)9-5-10-7;1-3-5-4-2/h4-5H,1-2H2,3H3;3-5H2,1-2H3. The van der Waals surface area contributed by atoms with Gasteiger partial charge in [0.05, 0.1) is 0 Å². The van der Waals surface area contributed by atoms with E-state index in [0.717, 1.165) is 11.3 Å². The van der Waals surface area contributed by atoms with Gasteiger partial charge in [0.1, 0.15) is 5.69 Å². The fourth-order valence-electron chi connectivity index (χ4n) is 1.07. The highest BCUT2D eigenvalue weighted by molar-refractivity contribution is 5.65. The molecule has 2 heteroatoms. The average Bonchev–Trinajstić information content (AvgIpc) is 2.67. The van der Waals surface area contributed by atoms with Crippen LogP contribution in [0.1, 0.15) is 51.5 Å². The molecule has 0 unspecified atom stereocenters. The molecule has 0 radical (unpaired) electrons. The van der Waals surface area contributed by atoms with E-state index in [0.29, 0.717) is 5.76 Å². The molecule has 15 heavy (non-hydrogen) atoms. The first-order chi connectivity index (χ1) is 7.17. The summed E-state index contributed by atoms with van der Waals surface area (Å²) in [7, 11) is 0. The minimum absolute atomic E-state index is 0.688. The zero-order valence-electron chi connectivity index (χ0n) is 10.0. The molecule has 84 valence electrons. The molecule has 0 aliphatic heterocycles. The first-order valence-corrected chi connectivity index (χ1v) is 5.39. The topological polar surface area (TPSA) is 26.0 Å². The fraction of sp³-hybridized carbons (Fsp3) is 0.462. The number of unbranched alkanes of at least 4 members (excludes halogenated alkanes) is 2. The summed E-state index contributed by atoms with van der Waals surface area (Å²) in [6.45, 7) is 13.6. The van der Waals surface area contributed by atoms with Crippen LogP contribution in [-0.4, -0.2) is 4.98 Å². The zero-order chi connectivity index (χ0) is 11.7. The molecule has 0 aliphatic carbocycles. The van der Waals surface area contributed by atoms with Gasteiger partial charge in [0, 0.05) is 0 Å². The minimum atomic E-state index is 0.688. The normalized spacial score (nSPS) is 9.00. The van der Waals surface area contributed by atoms with Crippen molar-refractivity contribution in [2.75, 3.05) is 0 Å². The number of rotatable bonds is 4. The van der Waals surface area contributed by atoms with Gasteiger partial charge in [0.25, 0.3) is 0 Å². The second-order valence-electron chi connectivity index (χ2n) is 3.40. The minimum Gasteiger partial charge on any atom is -0.443 e. The highest BCUT2D eigenvalue weighted by atomic mass is 16.3. The Hall–Kier alpha value is -1.31. The van der Waals surface area contributed by atoms with E-state index in [2.05, 4.69) is 32.0 Å². The molecule has 0 bridgehead atoms. The zero-order valence-corrected chi connectivity index (χ0v) is 10.0. The summed E-state index contributed by atoms with van der Waals surface area (Å²) in [6.07, 6.45) is 7.09. The van der Waals surface area contributed by atoms with E-state index in [1.165, 1.54) is 25.7 Å². The molecule has 0 amide bonds. The second-order valence-corrected chi connectivity index (χ2v) is 3.40. The number of nitrogens with zero attached hydrogens (tertiary/aromatic N) is 1. The van der Waals surface area contributed by atoms with Crippen molar-refractivity contribution >= 4 is 11.6 Å². The maximum Gasteiger partial charge on any atom is 0.181 e. The molecule has 0 saturated heterocycles. The van der Waals surface area contributed by atoms with E-state index in [4.69, 9.17) is 4.42 Å². The van der Waals surface area contributed by atoms with E-state index in [-0.39, 0.29) is 0 Å². The lowest BCUT2D eigenvalue weighted by atomic mass is 10.2. The fourth-order valence-corrected chi connectivity index (χ4v) is 1.07. The smallest absolute Gasteiger partial charge is 0.181 e. The van der Waals surface area contributed by atoms with Gasteiger partial charge in [-0.25, -0.2) is 4.98 Å². The van der Waals surface area contributed by atoms with Gasteiger partial charge in [0.2, 0.25) is 0 Å². The van der Waals surface area contributed by atoms with E-state index in [9.17, 15) is 0 Å². The van der Waals surface area contributed by atoms with Gasteiger partial charge in [-0.3, -0.25) is 0 Å². The third-order valence-electron chi connectivity index (χ3n) is 1.89. The van der Waals surface area contributed by atoms with Crippen molar-refractivity contribution < 1.29 is 4.42 Å². The number of allylic oxidation sites excluding steroid dienone is 1. The van der Waals surface area contributed by atoms with Crippen LogP contribution in [0.4, 0.5) is 0 Å². The van der Waals surface area contributed by atoms with Crippen LogP contribution in [0, 0.1) is 0 Å². The van der Waals surface area contributed by atoms with Crippen LogP contribution in [0.15, 0.2) is 24.0 Å². The average molecular weight is 207 g/mol. The van der Waals surface area contributed by atoms with Gasteiger partial charge in [-0.05, 0) is 18.6 Å². The number of aromatic nitrogens is 1. The lowest BCUT2D eigenvalue weighted by molar-refractivity contribution is 0.548. The number of hydrogen-bond acceptors (Lipinski definition) is 2. The Bertz CT molecular complexity index is 297. The monoisotopic (exact) mass is 207 g/mol. The van der Waals surface area contributed by atoms with Gasteiger partial charge in [-0.1, -0.05) is 46.3 Å². The van der Waals surface area contributed by atoms with Crippen molar-refractivity contribution in [2.24, 2.45) is 0 Å². The molecule has 0 spiro atoms. The van der Waals surface area contributed by atoms with Crippen molar-refractivity contribution in [1.82, 2.24) is 4.98 Å². The Kier molecular flexibility index (Phi) is 7.33. The summed E-state index contributed by atoms with van der Waals surface area (Å²) in [5.74, 6) is 0.688. The van der Waals surface area contributed by atoms with Gasteiger partial charge < -0.3 is 4.42 Å². The van der Waals surface area contributed by atoms with Gasteiger partial charge in [-0.2, -0.15) is 0 Å². The van der Waals surface area contributed by atoms with Crippen LogP contribution in [0.5, 0.6) is 0 Å². The van der Waals surface area contributed by atoms with Crippen LogP contribution in [0.3, 0.4) is 0 Å². The third kappa shape index (κ3) is 5.21. The summed E-state index contributed by atoms with van der Waals surface area (Å²) < 4.78 is 4.99. The van der Waals surface area contributed by atoms with Gasteiger partial charge >= 0.3 is 0 Å². The molecule has 0 saturated carbocycles. The molecule has 1 aromatic heterocycles. The molecular formula is C13H21NO. The van der Waals surface area contributed by atoms with Crippen molar-refractivity contribution in [2.45, 2.75) is 40.0 Å². The van der Waals surface area contributed by atoms with E-state index >= 15 is 0 Å². The molecule has 0 fully saturated rings. The van der Waals surface area contributed by atoms with Crippen molar-refractivity contribution in [3.8, 4) is 0 Å². The van der Waals surface area contributed by atoms with Crippen LogP contribution in [0.2, 0.25) is 0 Å². The van der Waals surface area contributed by atoms with Gasteiger partial charge in [-0.15, -0.1) is 0 Å². The van der Waals surface area contributed by atoms with Crippen LogP contribution in [-0.2, 0) is 0 Å². The highest BCUT2D eigenvalue weighted by Crippen LogP contribution is 2.15. The van der Waals surface area contributed by atoms with E-state index in [1.807, 2.05) is 6.92 Å². The summed E-state index contributed by atoms with van der Waals surface area (Å²) in [4.78, 5) is 3.95. The van der Waals surface area contributed by atoms with Crippen LogP contribution in [0.25, 0.3) is 11.6 Å². The Balaban J connectivity index is 0.000000336. The maximum absolute atomic E-state index is 4.99. The SMILES string of the molecule is C=Cc1ocnc1C(=C)C.CCCCC. The van der Waals surface area contributed by atoms with Gasteiger partial charge in [0.15, 0.2) is 12.2 Å². The summed E-state index contributed by atoms with van der Waals surface area (Å²) in [6, 6.07) is 0. The van der Waals surface area contributed by atoms with E-state index < -0.39 is 0 Å². The summed E-state index contributed by atoms with van der Waals surface area (Å²) in [5, 5.41) is 0. The predicted molar refractivity (Wildman–Crippen MR) is 66.5 cm³/mol. The summed E-state index contributed by atoms with van der Waals surface area (Å²) in [5.41, 5.74) is 1.68. The molecule has 1 rings (SSSR count). The Morgan fingerprint density at radius 2 is 2.07 bits per heavy atom.